The van der Waals surface area contributed by atoms with Gasteiger partial charge in [0.25, 0.3) is 0 Å². The lowest BCUT2D eigenvalue weighted by molar-refractivity contribution is 0.325. The van der Waals surface area contributed by atoms with Crippen LogP contribution in [0.3, 0.4) is 0 Å². The number of hydrogen-bond acceptors (Lipinski definition) is 2. The van der Waals surface area contributed by atoms with Gasteiger partial charge in [0.05, 0.1) is 0 Å². The standard InChI is InChI=1S/C16H29N3/c1-3-8-17-15(2)16-7-13-19(14-16)12-6-11-18-9-4-5-10-18/h7,13-15,17H,3-6,8-12H2,1-2H3. The fraction of sp³-hybridized carbons (Fsp3) is 0.750. The molecule has 0 aromatic carbocycles. The van der Waals surface area contributed by atoms with Crippen LogP contribution in [0.15, 0.2) is 18.5 Å². The maximum absolute atomic E-state index is 3.54. The van der Waals surface area contributed by atoms with E-state index in [2.05, 4.69) is 47.1 Å². The number of rotatable bonds is 8. The molecule has 2 rings (SSSR count). The van der Waals surface area contributed by atoms with Gasteiger partial charge in [-0.2, -0.15) is 0 Å². The van der Waals surface area contributed by atoms with Crippen molar-refractivity contribution < 1.29 is 0 Å². The quantitative estimate of drug-likeness (QED) is 0.778. The zero-order valence-corrected chi connectivity index (χ0v) is 12.6. The Morgan fingerprint density at radius 2 is 2.05 bits per heavy atom. The molecule has 1 aliphatic heterocycles. The van der Waals surface area contributed by atoms with Crippen molar-refractivity contribution in [3.8, 4) is 0 Å². The van der Waals surface area contributed by atoms with Crippen LogP contribution in [-0.4, -0.2) is 35.6 Å². The Labute approximate surface area is 118 Å². The van der Waals surface area contributed by atoms with E-state index in [9.17, 15) is 0 Å². The van der Waals surface area contributed by atoms with Gasteiger partial charge in [-0.3, -0.25) is 0 Å². The summed E-state index contributed by atoms with van der Waals surface area (Å²) in [5.74, 6) is 0. The summed E-state index contributed by atoms with van der Waals surface area (Å²) in [4.78, 5) is 2.59. The maximum Gasteiger partial charge on any atom is 0.0306 e. The van der Waals surface area contributed by atoms with E-state index in [1.54, 1.807) is 0 Å². The SMILES string of the molecule is CCCNC(C)c1ccn(CCCN2CCCC2)c1. The highest BCUT2D eigenvalue weighted by Gasteiger charge is 2.10. The molecule has 3 nitrogen and oxygen atoms in total. The number of nitrogens with one attached hydrogen (secondary N) is 1. The normalized spacial score (nSPS) is 18.0. The molecule has 0 bridgehead atoms. The molecule has 1 N–H and O–H groups in total. The molecule has 0 radical (unpaired) electrons. The van der Waals surface area contributed by atoms with E-state index >= 15 is 0 Å². The van der Waals surface area contributed by atoms with Crippen molar-refractivity contribution in [1.82, 2.24) is 14.8 Å². The molecule has 1 aromatic rings. The Balaban J connectivity index is 1.70. The Morgan fingerprint density at radius 1 is 1.26 bits per heavy atom. The summed E-state index contributed by atoms with van der Waals surface area (Å²) in [5, 5.41) is 3.54. The highest BCUT2D eigenvalue weighted by atomic mass is 15.1. The third kappa shape index (κ3) is 4.66. The van der Waals surface area contributed by atoms with E-state index in [1.807, 2.05) is 0 Å². The number of nitrogens with zero attached hydrogens (tertiary/aromatic N) is 2. The monoisotopic (exact) mass is 263 g/mol. The van der Waals surface area contributed by atoms with Crippen LogP contribution >= 0.6 is 0 Å². The molecule has 1 atom stereocenters. The van der Waals surface area contributed by atoms with Crippen molar-refractivity contribution in [1.29, 1.82) is 0 Å². The molecule has 0 amide bonds. The van der Waals surface area contributed by atoms with Crippen molar-refractivity contribution in [2.75, 3.05) is 26.2 Å². The van der Waals surface area contributed by atoms with Crippen molar-refractivity contribution in [2.45, 2.75) is 52.1 Å². The second kappa shape index (κ2) is 7.71. The van der Waals surface area contributed by atoms with Crippen LogP contribution < -0.4 is 5.32 Å². The van der Waals surface area contributed by atoms with E-state index in [-0.39, 0.29) is 0 Å². The molecule has 1 saturated heterocycles. The lowest BCUT2D eigenvalue weighted by Crippen LogP contribution is -2.21. The first kappa shape index (κ1) is 14.6. The minimum absolute atomic E-state index is 0.472. The van der Waals surface area contributed by atoms with Gasteiger partial charge in [-0.1, -0.05) is 6.92 Å². The number of hydrogen-bond donors (Lipinski definition) is 1. The van der Waals surface area contributed by atoms with E-state index in [1.165, 1.54) is 50.9 Å². The van der Waals surface area contributed by atoms with Gasteiger partial charge in [0.1, 0.15) is 0 Å². The average molecular weight is 263 g/mol. The first-order chi connectivity index (χ1) is 9.29. The van der Waals surface area contributed by atoms with Gasteiger partial charge < -0.3 is 14.8 Å². The van der Waals surface area contributed by atoms with Crippen LogP contribution in [0, 0.1) is 0 Å². The first-order valence-corrected chi connectivity index (χ1v) is 7.91. The smallest absolute Gasteiger partial charge is 0.0306 e. The zero-order valence-electron chi connectivity index (χ0n) is 12.6. The summed E-state index contributed by atoms with van der Waals surface area (Å²) >= 11 is 0. The highest BCUT2D eigenvalue weighted by Crippen LogP contribution is 2.13. The van der Waals surface area contributed by atoms with Gasteiger partial charge in [0, 0.05) is 25.0 Å². The van der Waals surface area contributed by atoms with Crippen LogP contribution in [0.4, 0.5) is 0 Å². The zero-order chi connectivity index (χ0) is 13.5. The molecular formula is C16H29N3. The molecule has 2 heterocycles. The molecule has 108 valence electrons. The number of aryl methyl sites for hydroxylation is 1. The highest BCUT2D eigenvalue weighted by molar-refractivity contribution is 5.14. The first-order valence-electron chi connectivity index (χ1n) is 7.91. The summed E-state index contributed by atoms with van der Waals surface area (Å²) in [7, 11) is 0. The Kier molecular flexibility index (Phi) is 5.93. The molecular weight excluding hydrogens is 234 g/mol. The lowest BCUT2D eigenvalue weighted by Gasteiger charge is -2.14. The molecule has 19 heavy (non-hydrogen) atoms. The topological polar surface area (TPSA) is 20.2 Å². The minimum atomic E-state index is 0.472. The summed E-state index contributed by atoms with van der Waals surface area (Å²) in [5.41, 5.74) is 1.41. The lowest BCUT2D eigenvalue weighted by atomic mass is 10.2. The van der Waals surface area contributed by atoms with E-state index in [0.717, 1.165) is 13.1 Å². The van der Waals surface area contributed by atoms with E-state index in [4.69, 9.17) is 0 Å². The Hall–Kier alpha value is -0.800. The minimum Gasteiger partial charge on any atom is -0.354 e. The van der Waals surface area contributed by atoms with Gasteiger partial charge >= 0.3 is 0 Å². The second-order valence-electron chi connectivity index (χ2n) is 5.76. The van der Waals surface area contributed by atoms with E-state index in [0.29, 0.717) is 6.04 Å². The molecule has 1 fully saturated rings. The molecule has 1 unspecified atom stereocenters. The molecule has 0 aliphatic carbocycles. The van der Waals surface area contributed by atoms with Crippen LogP contribution in [0.1, 0.15) is 51.1 Å². The molecule has 0 spiro atoms. The van der Waals surface area contributed by atoms with Crippen LogP contribution in [0.2, 0.25) is 0 Å². The van der Waals surface area contributed by atoms with Gasteiger partial charge in [-0.15, -0.1) is 0 Å². The Morgan fingerprint density at radius 3 is 2.79 bits per heavy atom. The molecule has 3 heteroatoms. The Bertz CT molecular complexity index is 353. The van der Waals surface area contributed by atoms with Crippen molar-refractivity contribution in [2.24, 2.45) is 0 Å². The molecule has 0 saturated carbocycles. The van der Waals surface area contributed by atoms with Crippen LogP contribution in [0.5, 0.6) is 0 Å². The molecule has 1 aromatic heterocycles. The predicted molar refractivity (Wildman–Crippen MR) is 81.4 cm³/mol. The molecule has 1 aliphatic rings. The predicted octanol–water partition coefficient (Wildman–Crippen LogP) is 3.03. The third-order valence-electron chi connectivity index (χ3n) is 4.06. The summed E-state index contributed by atoms with van der Waals surface area (Å²) in [6.45, 7) is 10.6. The van der Waals surface area contributed by atoms with Gasteiger partial charge in [-0.05, 0) is 70.4 Å². The van der Waals surface area contributed by atoms with Gasteiger partial charge in [0.2, 0.25) is 0 Å². The fourth-order valence-electron chi connectivity index (χ4n) is 2.82. The van der Waals surface area contributed by atoms with E-state index < -0.39 is 0 Å². The summed E-state index contributed by atoms with van der Waals surface area (Å²) in [6, 6.07) is 2.73. The third-order valence-corrected chi connectivity index (χ3v) is 4.06. The van der Waals surface area contributed by atoms with Crippen LogP contribution in [0.25, 0.3) is 0 Å². The number of aromatic nitrogens is 1. The van der Waals surface area contributed by atoms with Crippen molar-refractivity contribution >= 4 is 0 Å². The average Bonchev–Trinajstić information content (AvgIpc) is 3.07. The van der Waals surface area contributed by atoms with Crippen LogP contribution in [-0.2, 0) is 6.54 Å². The summed E-state index contributed by atoms with van der Waals surface area (Å²) in [6.07, 6.45) is 9.79. The van der Waals surface area contributed by atoms with Gasteiger partial charge in [0.15, 0.2) is 0 Å². The largest absolute Gasteiger partial charge is 0.354 e. The van der Waals surface area contributed by atoms with Crippen molar-refractivity contribution in [3.05, 3.63) is 24.0 Å². The summed E-state index contributed by atoms with van der Waals surface area (Å²) < 4.78 is 2.34. The second-order valence-corrected chi connectivity index (χ2v) is 5.76. The fourth-order valence-corrected chi connectivity index (χ4v) is 2.82. The van der Waals surface area contributed by atoms with Gasteiger partial charge in [-0.25, -0.2) is 0 Å². The van der Waals surface area contributed by atoms with Crippen molar-refractivity contribution in [3.63, 3.8) is 0 Å². The number of likely N-dealkylation sites (tertiary alicyclic amines) is 1. The maximum atomic E-state index is 3.54.